The number of rotatable bonds is 7. The van der Waals surface area contributed by atoms with Crippen LogP contribution in [-0.2, 0) is 65.9 Å². The van der Waals surface area contributed by atoms with Crippen molar-refractivity contribution in [1.82, 2.24) is 18.3 Å². The van der Waals surface area contributed by atoms with Crippen molar-refractivity contribution in [3.63, 3.8) is 0 Å². The summed E-state index contributed by atoms with van der Waals surface area (Å²) in [5.41, 5.74) is 19.9. The largest absolute Gasteiger partial charge is 0.675 e. The smallest absolute Gasteiger partial charge is 0.0534 e. The van der Waals surface area contributed by atoms with Crippen LogP contribution >= 0.6 is 0 Å². The van der Waals surface area contributed by atoms with Crippen LogP contribution in [0.3, 0.4) is 0 Å². The molecule has 2 fully saturated rings. The number of fused-ring (bicyclic) bond motifs is 2. The van der Waals surface area contributed by atoms with Crippen molar-refractivity contribution in [1.29, 1.82) is 0 Å². The minimum atomic E-state index is 0. The molecule has 6 rings (SSSR count). The monoisotopic (exact) mass is 992 g/mol. The van der Waals surface area contributed by atoms with E-state index in [0.717, 1.165) is 38.8 Å². The second-order valence-electron chi connectivity index (χ2n) is 12.0. The van der Waals surface area contributed by atoms with Gasteiger partial charge in [0, 0.05) is 0 Å². The molecule has 0 unspecified atom stereocenters. The normalized spacial score (nSPS) is 14.9. The van der Waals surface area contributed by atoms with Crippen LogP contribution in [-0.4, -0.2) is 30.4 Å². The third kappa shape index (κ3) is 12.3. The predicted molar refractivity (Wildman–Crippen MR) is 195 cm³/mol. The Morgan fingerprint density at radius 2 is 0.826 bits per heavy atom. The molecule has 2 aliphatic rings. The molecule has 2 aromatic heterocycles. The van der Waals surface area contributed by atoms with Crippen LogP contribution in [0.2, 0.25) is 0 Å². The van der Waals surface area contributed by atoms with Gasteiger partial charge in [0.25, 0.3) is 0 Å². The van der Waals surface area contributed by atoms with Crippen LogP contribution in [0.4, 0.5) is 0 Å². The number of benzene rings is 2. The summed E-state index contributed by atoms with van der Waals surface area (Å²) in [6.07, 6.45) is 17.6. The molecule has 0 bridgehead atoms. The summed E-state index contributed by atoms with van der Waals surface area (Å²) >= 11 is 4.90. The van der Waals surface area contributed by atoms with Gasteiger partial charge in [0.15, 0.2) is 0 Å². The number of unbranched alkanes of at least 4 members (excludes halogenated alkanes) is 3. The average Bonchev–Trinajstić information content (AvgIpc) is 3.40. The fourth-order valence-corrected chi connectivity index (χ4v) is 7.80. The molecule has 8 heteroatoms. The Labute approximate surface area is 303 Å². The fraction of sp³-hybridized carbons (Fsp3) is 0.526. The molecule has 2 aliphatic carbocycles. The minimum absolute atomic E-state index is 0. The Morgan fingerprint density at radius 1 is 0.522 bits per heavy atom. The van der Waals surface area contributed by atoms with E-state index in [9.17, 15) is 0 Å². The minimum Gasteiger partial charge on any atom is -0.675 e. The molecule has 0 amide bonds. The molecule has 0 spiro atoms. The van der Waals surface area contributed by atoms with Gasteiger partial charge in [-0.05, 0) is 0 Å². The molecule has 0 aliphatic heterocycles. The Morgan fingerprint density at radius 3 is 1.11 bits per heavy atom. The van der Waals surface area contributed by atoms with Gasteiger partial charge in [-0.15, -0.1) is 12.1 Å². The van der Waals surface area contributed by atoms with E-state index in [1.807, 2.05) is 0 Å². The zero-order valence-corrected chi connectivity index (χ0v) is 34.1. The van der Waals surface area contributed by atoms with E-state index in [0.29, 0.717) is 0 Å². The number of imidazole rings is 2. The Kier molecular flexibility index (Phi) is 22.4. The average molecular weight is 993 g/mol. The zero-order valence-electron chi connectivity index (χ0n) is 29.5. The van der Waals surface area contributed by atoms with E-state index in [4.69, 9.17) is 11.5 Å². The van der Waals surface area contributed by atoms with Gasteiger partial charge in [-0.3, -0.25) is 0 Å². The summed E-state index contributed by atoms with van der Waals surface area (Å²) in [6, 6.07) is 18.0. The molecule has 2 aromatic carbocycles. The molecule has 2 N–H and O–H groups in total. The SMILES string of the molecule is Cn1[c](=[Pt])n(CCCCCCn2[c](=[Pt])n(C)c3ccccc32)c2ccccc21.[CH3-].[CH3-].[CH3-].[CH3-].[NH-]C1CCCCC1.[NH-]C1CCCCC1. The topological polar surface area (TPSA) is 67.3 Å². The first-order valence-electron chi connectivity index (χ1n) is 16.0. The maximum absolute atomic E-state index is 7.27. The van der Waals surface area contributed by atoms with Crippen molar-refractivity contribution in [3.05, 3.63) is 97.3 Å². The van der Waals surface area contributed by atoms with Crippen molar-refractivity contribution < 1.29 is 38.7 Å². The number of aryl methyl sites for hydroxylation is 4. The molecular weight excluding hydrogens is 931 g/mol. The molecule has 4 aromatic rings. The van der Waals surface area contributed by atoms with Crippen LogP contribution in [0.1, 0.15) is 89.9 Å². The Hall–Kier alpha value is -1.32. The van der Waals surface area contributed by atoms with E-state index < -0.39 is 0 Å². The summed E-state index contributed by atoms with van der Waals surface area (Å²) in [5.74, 6) is 0. The molecule has 2 saturated carbocycles. The van der Waals surface area contributed by atoms with Crippen LogP contribution in [0.25, 0.3) is 33.5 Å². The van der Waals surface area contributed by atoms with Gasteiger partial charge in [0.1, 0.15) is 0 Å². The van der Waals surface area contributed by atoms with Crippen molar-refractivity contribution in [2.75, 3.05) is 0 Å². The maximum atomic E-state index is 7.27. The molecule has 0 saturated heterocycles. The zero-order chi connectivity index (χ0) is 29.9. The number of nitrogens with zero attached hydrogens (tertiary/aromatic N) is 4. The van der Waals surface area contributed by atoms with Gasteiger partial charge in [-0.2, -0.15) is 0 Å². The summed E-state index contributed by atoms with van der Waals surface area (Å²) in [5, 5.41) is 0. The molecular formula is C38H62N6Pt2-6. The number of para-hydroxylation sites is 4. The Bertz CT molecular complexity index is 1390. The van der Waals surface area contributed by atoms with Crippen LogP contribution in [0, 0.1) is 37.3 Å². The van der Waals surface area contributed by atoms with Crippen molar-refractivity contribution >= 4 is 22.1 Å². The van der Waals surface area contributed by atoms with Crippen molar-refractivity contribution in [3.8, 4) is 0 Å². The summed E-state index contributed by atoms with van der Waals surface area (Å²) in [7, 11) is 4.31. The fourth-order valence-electron chi connectivity index (χ4n) is 6.19. The molecule has 6 nitrogen and oxygen atoms in total. The molecule has 46 heavy (non-hydrogen) atoms. The number of nitrogens with one attached hydrogen (secondary N) is 2. The van der Waals surface area contributed by atoms with Gasteiger partial charge in [-0.1, -0.05) is 64.2 Å². The van der Waals surface area contributed by atoms with Gasteiger partial charge < -0.3 is 41.2 Å². The summed E-state index contributed by atoms with van der Waals surface area (Å²) in [4.78, 5) is 0. The van der Waals surface area contributed by atoms with Crippen molar-refractivity contribution in [2.24, 2.45) is 14.1 Å². The van der Waals surface area contributed by atoms with E-state index in [2.05, 4.69) is 120 Å². The van der Waals surface area contributed by atoms with Crippen LogP contribution in [0.5, 0.6) is 0 Å². The van der Waals surface area contributed by atoms with Gasteiger partial charge in [0.05, 0.1) is 0 Å². The Balaban J connectivity index is 0.000000937. The first-order chi connectivity index (χ1) is 20.4. The standard InChI is InChI=1S/C22H26N4.2C6H12N.4CH3.2Pt/c1-23-17-25(21-13-7-5-11-19(21)23)15-9-3-4-10-16-26-18-24(2)20-12-6-8-14-22(20)26;2*7-6-4-2-1-3-5-6;;;;;;/h5-8,11-14H,3-4,9-10,15-16H2,1-2H3;2*6-7H,1-5H2;4*1H3;;/q;6*-1;;. The van der Waals surface area contributed by atoms with Crippen molar-refractivity contribution in [2.45, 2.75) is 115 Å². The second-order valence-corrected chi connectivity index (χ2v) is 14.0. The number of hydrogen-bond acceptors (Lipinski definition) is 0. The number of hydrogen-bond donors (Lipinski definition) is 0. The van der Waals surface area contributed by atoms with Gasteiger partial charge in [-0.25, -0.2) is 0 Å². The summed E-state index contributed by atoms with van der Waals surface area (Å²) in [6.45, 7) is 2.19. The third-order valence-corrected chi connectivity index (χ3v) is 11.5. The number of aromatic nitrogens is 4. The predicted octanol–water partition coefficient (Wildman–Crippen LogP) is 11.2. The molecule has 270 valence electrons. The van der Waals surface area contributed by atoms with E-state index in [-0.39, 0.29) is 41.8 Å². The van der Waals surface area contributed by atoms with Gasteiger partial charge >= 0.3 is 188 Å². The van der Waals surface area contributed by atoms with Gasteiger partial charge in [0.2, 0.25) is 0 Å². The van der Waals surface area contributed by atoms with E-state index >= 15 is 0 Å². The van der Waals surface area contributed by atoms with Crippen LogP contribution < -0.4 is 0 Å². The maximum Gasteiger partial charge on any atom is -0.0534 e. The quantitative estimate of drug-likeness (QED) is 0.131. The first kappa shape index (κ1) is 44.7. The van der Waals surface area contributed by atoms with E-state index in [1.54, 1.807) is 0 Å². The second kappa shape index (κ2) is 23.1. The summed E-state index contributed by atoms with van der Waals surface area (Å²) < 4.78 is 12.1. The third-order valence-electron chi connectivity index (χ3n) is 8.72. The molecule has 0 atom stereocenters. The molecule has 0 radical (unpaired) electrons. The van der Waals surface area contributed by atoms with Crippen LogP contribution in [0.15, 0.2) is 48.5 Å². The van der Waals surface area contributed by atoms with E-state index in [1.165, 1.54) is 93.9 Å². The molecule has 2 heterocycles. The first-order valence-corrected chi connectivity index (χ1v) is 18.3.